The topological polar surface area (TPSA) is 166 Å². The predicted molar refractivity (Wildman–Crippen MR) is 145 cm³/mol. The van der Waals surface area contributed by atoms with Gasteiger partial charge in [-0.2, -0.15) is 0 Å². The Bertz CT molecular complexity index is 1340. The molecular formula is C26H33F4N9O3. The average molecular weight is 596 g/mol. The lowest BCUT2D eigenvalue weighted by atomic mass is 9.97. The highest BCUT2D eigenvalue weighted by atomic mass is 19.4. The van der Waals surface area contributed by atoms with Gasteiger partial charge in [0.05, 0.1) is 18.3 Å². The van der Waals surface area contributed by atoms with Crippen LogP contribution >= 0.6 is 0 Å². The molecule has 3 rings (SSSR count). The van der Waals surface area contributed by atoms with Gasteiger partial charge < -0.3 is 26.1 Å². The van der Waals surface area contributed by atoms with E-state index >= 15 is 0 Å². The Morgan fingerprint density at radius 3 is 2.71 bits per heavy atom. The van der Waals surface area contributed by atoms with E-state index in [2.05, 4.69) is 30.7 Å². The summed E-state index contributed by atoms with van der Waals surface area (Å²) in [6.07, 6.45) is 0.639. The maximum atomic E-state index is 14.5. The van der Waals surface area contributed by atoms with Gasteiger partial charge >= 0.3 is 6.36 Å². The van der Waals surface area contributed by atoms with Gasteiger partial charge in [0.2, 0.25) is 0 Å². The van der Waals surface area contributed by atoms with E-state index < -0.39 is 30.1 Å². The molecule has 16 heteroatoms. The minimum atomic E-state index is -4.84. The zero-order chi connectivity index (χ0) is 30.9. The summed E-state index contributed by atoms with van der Waals surface area (Å²) in [5, 5.41) is 13.8. The lowest BCUT2D eigenvalue weighted by Crippen LogP contribution is -2.34. The number of hydrogen-bond acceptors (Lipinski definition) is 9. The second-order valence-electron chi connectivity index (χ2n) is 10.1. The number of nitrogens with two attached hydrogens (primary N) is 2. The molecule has 0 bridgehead atoms. The van der Waals surface area contributed by atoms with Gasteiger partial charge in [-0.05, 0) is 50.0 Å². The standard InChI is InChI=1S/C26H33F4N9O3/c1-25(2)8-6-18(13-35-25)12-34-24(41)22-16-39(37-36-22)14-19(27)7-9-38(32)15-21(31)23(40)33-11-17-4-3-5-20(10-17)42-26(28,29)30/h3-6,10,13,15-16,19H,7-9,11-12,14,31-32H2,1-2H3,(H,33,40)(H,34,41)/b21-15-. The summed E-state index contributed by atoms with van der Waals surface area (Å²) in [6, 6.07) is 5.09. The monoisotopic (exact) mass is 595 g/mol. The van der Waals surface area contributed by atoms with Crippen LogP contribution in [-0.2, 0) is 17.9 Å². The van der Waals surface area contributed by atoms with Crippen LogP contribution in [0.2, 0.25) is 0 Å². The number of aliphatic imine (C=N–C) groups is 1. The molecule has 0 fully saturated rings. The number of halogens is 4. The van der Waals surface area contributed by atoms with Crippen molar-refractivity contribution in [3.63, 3.8) is 0 Å². The highest BCUT2D eigenvalue weighted by molar-refractivity contribution is 5.93. The van der Waals surface area contributed by atoms with Crippen LogP contribution in [0.1, 0.15) is 42.7 Å². The molecule has 1 aliphatic rings. The zero-order valence-electron chi connectivity index (χ0n) is 23.1. The Morgan fingerprint density at radius 1 is 1.26 bits per heavy atom. The molecule has 0 spiro atoms. The molecule has 0 saturated heterocycles. The van der Waals surface area contributed by atoms with Gasteiger partial charge in [0.1, 0.15) is 17.6 Å². The van der Waals surface area contributed by atoms with Gasteiger partial charge in [-0.25, -0.2) is 14.9 Å². The molecule has 1 aliphatic heterocycles. The summed E-state index contributed by atoms with van der Waals surface area (Å²) in [6.45, 7) is 3.99. The van der Waals surface area contributed by atoms with Crippen molar-refractivity contribution in [2.45, 2.75) is 57.9 Å². The van der Waals surface area contributed by atoms with E-state index in [1.165, 1.54) is 23.0 Å². The summed E-state index contributed by atoms with van der Waals surface area (Å²) in [5.74, 6) is 4.19. The third-order valence-electron chi connectivity index (χ3n) is 5.91. The van der Waals surface area contributed by atoms with Crippen molar-refractivity contribution in [1.82, 2.24) is 30.6 Å². The van der Waals surface area contributed by atoms with Gasteiger partial charge in [0, 0.05) is 32.0 Å². The number of carbonyl (C=O) groups is 2. The Balaban J connectivity index is 1.39. The number of benzene rings is 1. The van der Waals surface area contributed by atoms with E-state index in [1.54, 1.807) is 6.21 Å². The molecule has 1 unspecified atom stereocenters. The van der Waals surface area contributed by atoms with Crippen LogP contribution in [0.4, 0.5) is 17.6 Å². The normalized spacial score (nSPS) is 15.5. The largest absolute Gasteiger partial charge is 0.573 e. The number of rotatable bonds is 13. The van der Waals surface area contributed by atoms with Gasteiger partial charge in [-0.15, -0.1) is 18.3 Å². The van der Waals surface area contributed by atoms with E-state index in [0.717, 1.165) is 35.3 Å². The van der Waals surface area contributed by atoms with Gasteiger partial charge in [-0.1, -0.05) is 23.4 Å². The van der Waals surface area contributed by atoms with Crippen LogP contribution in [-0.4, -0.2) is 69.2 Å². The van der Waals surface area contributed by atoms with Crippen molar-refractivity contribution in [2.75, 3.05) is 13.1 Å². The molecule has 0 aliphatic carbocycles. The first kappa shape index (κ1) is 32.0. The fraction of sp³-hybridized carbons (Fsp3) is 0.423. The van der Waals surface area contributed by atoms with Gasteiger partial charge in [-0.3, -0.25) is 14.6 Å². The van der Waals surface area contributed by atoms with Crippen LogP contribution in [0.15, 0.2) is 59.0 Å². The van der Waals surface area contributed by atoms with Crippen molar-refractivity contribution in [1.29, 1.82) is 0 Å². The number of ether oxygens (including phenoxy) is 1. The van der Waals surface area contributed by atoms with Gasteiger partial charge in [0.15, 0.2) is 5.69 Å². The molecule has 6 N–H and O–H groups in total. The number of dihydropyridines is 1. The van der Waals surface area contributed by atoms with Crippen molar-refractivity contribution < 1.29 is 31.9 Å². The van der Waals surface area contributed by atoms with E-state index in [1.807, 2.05) is 19.9 Å². The molecular weight excluding hydrogens is 562 g/mol. The Kier molecular flexibility index (Phi) is 10.6. The Morgan fingerprint density at radius 2 is 2.02 bits per heavy atom. The van der Waals surface area contributed by atoms with E-state index in [-0.39, 0.29) is 49.5 Å². The number of nitrogens with zero attached hydrogens (tertiary/aromatic N) is 5. The SMILES string of the molecule is CC1(C)CC=C(CNC(=O)c2cn(CC(F)CCN(N)/C=C(\N)C(=O)NCc3cccc(OC(F)(F)F)c3)nn2)C=N1. The molecule has 0 radical (unpaired) electrons. The molecule has 42 heavy (non-hydrogen) atoms. The van der Waals surface area contributed by atoms with Crippen LogP contribution in [0.25, 0.3) is 0 Å². The molecule has 2 amide bonds. The summed E-state index contributed by atoms with van der Waals surface area (Å²) >= 11 is 0. The van der Waals surface area contributed by atoms with E-state index in [4.69, 9.17) is 11.6 Å². The first-order valence-corrected chi connectivity index (χ1v) is 12.9. The van der Waals surface area contributed by atoms with Crippen LogP contribution in [0.5, 0.6) is 5.75 Å². The number of hydrogen-bond donors (Lipinski definition) is 4. The molecule has 1 aromatic heterocycles. The van der Waals surface area contributed by atoms with Crippen molar-refractivity contribution in [3.05, 3.63) is 65.3 Å². The predicted octanol–water partition coefficient (Wildman–Crippen LogP) is 2.11. The number of alkyl halides is 4. The third-order valence-corrected chi connectivity index (χ3v) is 5.91. The Labute approximate surface area is 239 Å². The van der Waals surface area contributed by atoms with Crippen LogP contribution in [0.3, 0.4) is 0 Å². The van der Waals surface area contributed by atoms with Gasteiger partial charge in [0.25, 0.3) is 11.8 Å². The maximum absolute atomic E-state index is 14.5. The molecule has 1 aromatic carbocycles. The number of hydrazine groups is 1. The highest BCUT2D eigenvalue weighted by Gasteiger charge is 2.31. The third kappa shape index (κ3) is 10.8. The fourth-order valence-corrected chi connectivity index (χ4v) is 3.65. The lowest BCUT2D eigenvalue weighted by molar-refractivity contribution is -0.274. The fourth-order valence-electron chi connectivity index (χ4n) is 3.65. The van der Waals surface area contributed by atoms with E-state index in [9.17, 15) is 27.2 Å². The summed E-state index contributed by atoms with van der Waals surface area (Å²) in [5.41, 5.74) is 6.54. The van der Waals surface area contributed by atoms with Crippen molar-refractivity contribution in [3.8, 4) is 5.75 Å². The maximum Gasteiger partial charge on any atom is 0.573 e. The van der Waals surface area contributed by atoms with Crippen molar-refractivity contribution in [2.24, 2.45) is 16.6 Å². The lowest BCUT2D eigenvalue weighted by Gasteiger charge is -2.21. The van der Waals surface area contributed by atoms with Crippen LogP contribution in [0, 0.1) is 0 Å². The second kappa shape index (κ2) is 13.9. The summed E-state index contributed by atoms with van der Waals surface area (Å²) in [4.78, 5) is 29.0. The molecule has 12 nitrogen and oxygen atoms in total. The van der Waals surface area contributed by atoms with Crippen LogP contribution < -0.4 is 26.9 Å². The Hall–Kier alpha value is -4.47. The molecule has 1 atom stereocenters. The highest BCUT2D eigenvalue weighted by Crippen LogP contribution is 2.23. The average Bonchev–Trinajstić information content (AvgIpc) is 3.37. The number of carbonyl (C=O) groups excluding carboxylic acids is 2. The smallest absolute Gasteiger partial charge is 0.406 e. The molecule has 2 heterocycles. The number of nitrogens with one attached hydrogen (secondary N) is 2. The number of amides is 2. The van der Waals surface area contributed by atoms with Crippen molar-refractivity contribution >= 4 is 18.0 Å². The second-order valence-corrected chi connectivity index (χ2v) is 10.1. The molecule has 228 valence electrons. The summed E-state index contributed by atoms with van der Waals surface area (Å²) < 4.78 is 56.7. The first-order chi connectivity index (χ1) is 19.7. The van der Waals surface area contributed by atoms with E-state index in [0.29, 0.717) is 5.56 Å². The summed E-state index contributed by atoms with van der Waals surface area (Å²) in [7, 11) is 0. The minimum Gasteiger partial charge on any atom is -0.406 e. The first-order valence-electron chi connectivity index (χ1n) is 12.9. The number of aromatic nitrogens is 3. The molecule has 0 saturated carbocycles. The quantitative estimate of drug-likeness (QED) is 0.118. The zero-order valence-corrected chi connectivity index (χ0v) is 23.1. The minimum absolute atomic E-state index is 0.0124. The molecule has 2 aromatic rings.